The number of carbonyl (C=O) groups is 1. The van der Waals surface area contributed by atoms with Gasteiger partial charge in [-0.1, -0.05) is 39.0 Å². The Hall–Kier alpha value is -0.530. The molecule has 1 heterocycles. The molecular formula is C16H28O2. The van der Waals surface area contributed by atoms with E-state index in [1.54, 1.807) is 0 Å². The van der Waals surface area contributed by atoms with Crippen LogP contribution in [0.1, 0.15) is 71.1 Å². The largest absolute Gasteiger partial charge is 0.466 e. The molecule has 2 nitrogen and oxygen atoms in total. The van der Waals surface area contributed by atoms with Crippen LogP contribution in [0.5, 0.6) is 0 Å². The number of hydrogen-bond acceptors (Lipinski definition) is 2. The number of carbonyl (C=O) groups excluding carboxylic acids is 1. The molecule has 2 fully saturated rings. The molecule has 0 N–H and O–H groups in total. The zero-order valence-electron chi connectivity index (χ0n) is 11.8. The molecule has 104 valence electrons. The molecule has 0 amide bonds. The van der Waals surface area contributed by atoms with Crippen molar-refractivity contribution in [3.8, 4) is 0 Å². The highest BCUT2D eigenvalue weighted by Gasteiger charge is 2.29. The van der Waals surface area contributed by atoms with Crippen LogP contribution in [0.3, 0.4) is 0 Å². The van der Waals surface area contributed by atoms with Crippen molar-refractivity contribution in [1.29, 1.82) is 0 Å². The van der Waals surface area contributed by atoms with Gasteiger partial charge in [-0.3, -0.25) is 4.79 Å². The van der Waals surface area contributed by atoms with Gasteiger partial charge in [0.05, 0.1) is 6.61 Å². The van der Waals surface area contributed by atoms with Gasteiger partial charge in [-0.05, 0) is 43.4 Å². The first kappa shape index (κ1) is 13.9. The van der Waals surface area contributed by atoms with Crippen molar-refractivity contribution in [3.05, 3.63) is 0 Å². The lowest BCUT2D eigenvalue weighted by molar-refractivity contribution is -0.142. The summed E-state index contributed by atoms with van der Waals surface area (Å²) in [4.78, 5) is 11.3. The molecule has 0 spiro atoms. The Morgan fingerprint density at radius 2 is 1.78 bits per heavy atom. The fraction of sp³-hybridized carbons (Fsp3) is 0.938. The van der Waals surface area contributed by atoms with Crippen molar-refractivity contribution in [3.63, 3.8) is 0 Å². The minimum atomic E-state index is 0.0223. The zero-order chi connectivity index (χ0) is 12.8. The van der Waals surface area contributed by atoms with Crippen LogP contribution in [-0.4, -0.2) is 12.6 Å². The summed E-state index contributed by atoms with van der Waals surface area (Å²) >= 11 is 0. The molecule has 0 aromatic carbocycles. The number of hydrogen-bond donors (Lipinski definition) is 0. The highest BCUT2D eigenvalue weighted by Crippen LogP contribution is 2.39. The molecule has 1 unspecified atom stereocenters. The summed E-state index contributed by atoms with van der Waals surface area (Å²) in [6.07, 6.45) is 12.7. The van der Waals surface area contributed by atoms with E-state index < -0.39 is 0 Å². The van der Waals surface area contributed by atoms with Gasteiger partial charge in [0.2, 0.25) is 0 Å². The minimum absolute atomic E-state index is 0.0223. The van der Waals surface area contributed by atoms with Gasteiger partial charge in [-0.15, -0.1) is 0 Å². The molecule has 0 aromatic heterocycles. The Morgan fingerprint density at radius 1 is 1.06 bits per heavy atom. The molecule has 2 heteroatoms. The molecule has 1 atom stereocenters. The first-order valence-electron chi connectivity index (χ1n) is 7.95. The summed E-state index contributed by atoms with van der Waals surface area (Å²) in [6.45, 7) is 2.95. The lowest BCUT2D eigenvalue weighted by atomic mass is 9.72. The van der Waals surface area contributed by atoms with E-state index in [0.29, 0.717) is 13.0 Å². The predicted octanol–water partition coefficient (Wildman–Crippen LogP) is 4.33. The number of rotatable bonds is 4. The smallest absolute Gasteiger partial charge is 0.305 e. The first-order chi connectivity index (χ1) is 8.79. The minimum Gasteiger partial charge on any atom is -0.466 e. The Kier molecular flexibility index (Phi) is 5.52. The van der Waals surface area contributed by atoms with E-state index in [2.05, 4.69) is 6.92 Å². The fourth-order valence-electron chi connectivity index (χ4n) is 3.76. The van der Waals surface area contributed by atoms with Crippen LogP contribution in [0, 0.1) is 17.8 Å². The Morgan fingerprint density at radius 3 is 2.50 bits per heavy atom. The Labute approximate surface area is 111 Å². The second-order valence-electron chi connectivity index (χ2n) is 6.23. The Balaban J connectivity index is 1.73. The summed E-state index contributed by atoms with van der Waals surface area (Å²) in [6, 6.07) is 0. The van der Waals surface area contributed by atoms with E-state index in [-0.39, 0.29) is 5.97 Å². The quantitative estimate of drug-likeness (QED) is 0.696. The number of cyclic esters (lactones) is 1. The van der Waals surface area contributed by atoms with Crippen molar-refractivity contribution in [2.24, 2.45) is 17.8 Å². The monoisotopic (exact) mass is 252 g/mol. The maximum atomic E-state index is 11.3. The number of esters is 1. The van der Waals surface area contributed by atoms with Crippen molar-refractivity contribution in [2.45, 2.75) is 71.1 Å². The molecule has 0 bridgehead atoms. The third-order valence-corrected chi connectivity index (χ3v) is 4.99. The molecule has 1 saturated heterocycles. The van der Waals surface area contributed by atoms with Crippen molar-refractivity contribution in [1.82, 2.24) is 0 Å². The second kappa shape index (κ2) is 7.16. The van der Waals surface area contributed by atoms with Crippen LogP contribution < -0.4 is 0 Å². The van der Waals surface area contributed by atoms with E-state index in [9.17, 15) is 4.79 Å². The highest BCUT2D eigenvalue weighted by molar-refractivity contribution is 5.69. The average molecular weight is 252 g/mol. The summed E-state index contributed by atoms with van der Waals surface area (Å²) < 4.78 is 5.16. The number of unbranched alkanes of at least 4 members (excludes halogenated alkanes) is 1. The topological polar surface area (TPSA) is 26.3 Å². The van der Waals surface area contributed by atoms with Gasteiger partial charge in [0.25, 0.3) is 0 Å². The van der Waals surface area contributed by atoms with E-state index in [0.717, 1.165) is 30.6 Å². The van der Waals surface area contributed by atoms with Gasteiger partial charge < -0.3 is 4.74 Å². The lowest BCUT2D eigenvalue weighted by Gasteiger charge is -2.33. The van der Waals surface area contributed by atoms with Crippen LogP contribution in [-0.2, 0) is 9.53 Å². The Bertz CT molecular complexity index is 254. The summed E-state index contributed by atoms with van der Waals surface area (Å²) in [5, 5.41) is 0. The SMILES string of the molecule is CCCCC1CCC(C2CCOC(=O)CC2)CC1. The normalized spacial score (nSPS) is 33.8. The predicted molar refractivity (Wildman–Crippen MR) is 73.3 cm³/mol. The zero-order valence-corrected chi connectivity index (χ0v) is 11.8. The molecule has 0 radical (unpaired) electrons. The molecule has 1 saturated carbocycles. The maximum Gasteiger partial charge on any atom is 0.305 e. The first-order valence-corrected chi connectivity index (χ1v) is 7.95. The second-order valence-corrected chi connectivity index (χ2v) is 6.23. The maximum absolute atomic E-state index is 11.3. The van der Waals surface area contributed by atoms with E-state index >= 15 is 0 Å². The van der Waals surface area contributed by atoms with Crippen molar-refractivity contribution < 1.29 is 9.53 Å². The highest BCUT2D eigenvalue weighted by atomic mass is 16.5. The van der Waals surface area contributed by atoms with Crippen molar-refractivity contribution >= 4 is 5.97 Å². The molecule has 2 aliphatic rings. The van der Waals surface area contributed by atoms with Crippen LogP contribution in [0.15, 0.2) is 0 Å². The average Bonchev–Trinajstić information content (AvgIpc) is 2.62. The van der Waals surface area contributed by atoms with E-state index in [1.807, 2.05) is 0 Å². The van der Waals surface area contributed by atoms with E-state index in [1.165, 1.54) is 44.9 Å². The lowest BCUT2D eigenvalue weighted by Crippen LogP contribution is -2.22. The van der Waals surface area contributed by atoms with Gasteiger partial charge in [0, 0.05) is 6.42 Å². The molecular weight excluding hydrogens is 224 g/mol. The van der Waals surface area contributed by atoms with Crippen LogP contribution in [0.4, 0.5) is 0 Å². The van der Waals surface area contributed by atoms with Crippen LogP contribution in [0.2, 0.25) is 0 Å². The molecule has 1 aliphatic carbocycles. The van der Waals surface area contributed by atoms with Crippen LogP contribution in [0.25, 0.3) is 0 Å². The standard InChI is InChI=1S/C16H28O2/c1-2-3-4-13-5-7-14(8-6-13)15-9-10-16(17)18-12-11-15/h13-15H,2-12H2,1H3. The fourth-order valence-corrected chi connectivity index (χ4v) is 3.76. The van der Waals surface area contributed by atoms with Gasteiger partial charge in [-0.2, -0.15) is 0 Å². The molecule has 2 rings (SSSR count). The third-order valence-electron chi connectivity index (χ3n) is 4.99. The number of ether oxygens (including phenoxy) is 1. The summed E-state index contributed by atoms with van der Waals surface area (Å²) in [5.74, 6) is 2.64. The molecule has 1 aliphatic heterocycles. The van der Waals surface area contributed by atoms with Gasteiger partial charge in [0.15, 0.2) is 0 Å². The van der Waals surface area contributed by atoms with Gasteiger partial charge >= 0.3 is 5.97 Å². The summed E-state index contributed by atoms with van der Waals surface area (Å²) in [7, 11) is 0. The van der Waals surface area contributed by atoms with E-state index in [4.69, 9.17) is 4.74 Å². The van der Waals surface area contributed by atoms with Crippen molar-refractivity contribution in [2.75, 3.05) is 6.61 Å². The van der Waals surface area contributed by atoms with Gasteiger partial charge in [0.1, 0.15) is 0 Å². The third kappa shape index (κ3) is 4.00. The van der Waals surface area contributed by atoms with Gasteiger partial charge in [-0.25, -0.2) is 0 Å². The molecule has 18 heavy (non-hydrogen) atoms. The van der Waals surface area contributed by atoms with Crippen LogP contribution >= 0.6 is 0 Å². The summed E-state index contributed by atoms with van der Waals surface area (Å²) in [5.41, 5.74) is 0. The molecule has 0 aromatic rings.